The molecule has 0 aliphatic rings. The van der Waals surface area contributed by atoms with Crippen molar-refractivity contribution in [3.8, 4) is 0 Å². The normalized spacial score (nSPS) is 13.1. The third-order valence-electron chi connectivity index (χ3n) is 2.11. The lowest BCUT2D eigenvalue weighted by atomic mass is 10.1. The van der Waals surface area contributed by atoms with E-state index < -0.39 is 9.84 Å². The molecule has 0 aliphatic heterocycles. The summed E-state index contributed by atoms with van der Waals surface area (Å²) in [5.74, 6) is 0. The van der Waals surface area contributed by atoms with E-state index in [9.17, 15) is 8.42 Å². The zero-order valence-electron chi connectivity index (χ0n) is 8.56. The predicted molar refractivity (Wildman–Crippen MR) is 53.7 cm³/mol. The van der Waals surface area contributed by atoms with E-state index in [-0.39, 0.29) is 10.4 Å². The standard InChI is InChI=1S/C8H15N3O2S/c1-8(2,6-9)11-5-7(4-10-11)14(3,12)13/h4-5H,6,9H2,1-3H3. The monoisotopic (exact) mass is 217 g/mol. The molecule has 0 unspecified atom stereocenters. The van der Waals surface area contributed by atoms with Crippen molar-refractivity contribution >= 4 is 9.84 Å². The summed E-state index contributed by atoms with van der Waals surface area (Å²) in [6.45, 7) is 4.19. The first-order valence-electron chi connectivity index (χ1n) is 4.22. The number of hydrogen-bond donors (Lipinski definition) is 1. The van der Waals surface area contributed by atoms with E-state index in [4.69, 9.17) is 5.73 Å². The molecule has 0 aliphatic carbocycles. The summed E-state index contributed by atoms with van der Waals surface area (Å²) in [5, 5.41) is 3.98. The Kier molecular flexibility index (Phi) is 2.69. The molecule has 0 aromatic carbocycles. The van der Waals surface area contributed by atoms with Gasteiger partial charge >= 0.3 is 0 Å². The van der Waals surface area contributed by atoms with Crippen molar-refractivity contribution in [2.45, 2.75) is 24.3 Å². The molecule has 0 amide bonds. The molecule has 0 saturated carbocycles. The van der Waals surface area contributed by atoms with Gasteiger partial charge in [-0.15, -0.1) is 0 Å². The van der Waals surface area contributed by atoms with Crippen LogP contribution in [0.2, 0.25) is 0 Å². The van der Waals surface area contributed by atoms with Crippen molar-refractivity contribution in [3.05, 3.63) is 12.4 Å². The number of rotatable bonds is 3. The first-order chi connectivity index (χ1) is 6.27. The van der Waals surface area contributed by atoms with Crippen LogP contribution in [0.1, 0.15) is 13.8 Å². The highest BCUT2D eigenvalue weighted by Gasteiger charge is 2.21. The Morgan fingerprint density at radius 2 is 2.14 bits per heavy atom. The van der Waals surface area contributed by atoms with Crippen molar-refractivity contribution in [1.82, 2.24) is 9.78 Å². The number of sulfone groups is 1. The Hall–Kier alpha value is -0.880. The van der Waals surface area contributed by atoms with Gasteiger partial charge in [-0.05, 0) is 13.8 Å². The fraction of sp³-hybridized carbons (Fsp3) is 0.625. The molecule has 80 valence electrons. The summed E-state index contributed by atoms with van der Waals surface area (Å²) in [4.78, 5) is 0.221. The molecule has 1 aromatic rings. The fourth-order valence-electron chi connectivity index (χ4n) is 0.922. The first kappa shape index (κ1) is 11.2. The zero-order chi connectivity index (χ0) is 11.0. The topological polar surface area (TPSA) is 78.0 Å². The highest BCUT2D eigenvalue weighted by molar-refractivity contribution is 7.90. The average molecular weight is 217 g/mol. The minimum Gasteiger partial charge on any atom is -0.328 e. The van der Waals surface area contributed by atoms with E-state index in [1.807, 2.05) is 13.8 Å². The van der Waals surface area contributed by atoms with E-state index in [2.05, 4.69) is 5.10 Å². The van der Waals surface area contributed by atoms with E-state index in [1.165, 1.54) is 12.4 Å². The molecule has 0 bridgehead atoms. The summed E-state index contributed by atoms with van der Waals surface area (Å²) in [7, 11) is -3.17. The Balaban J connectivity index is 3.13. The maximum atomic E-state index is 11.2. The molecule has 14 heavy (non-hydrogen) atoms. The molecule has 0 atom stereocenters. The van der Waals surface area contributed by atoms with Crippen LogP contribution in [0.3, 0.4) is 0 Å². The van der Waals surface area contributed by atoms with Crippen molar-refractivity contribution < 1.29 is 8.42 Å². The molecule has 2 N–H and O–H groups in total. The molecule has 1 rings (SSSR count). The van der Waals surface area contributed by atoms with Gasteiger partial charge < -0.3 is 5.73 Å². The minimum atomic E-state index is -3.17. The number of nitrogens with zero attached hydrogens (tertiary/aromatic N) is 2. The van der Waals surface area contributed by atoms with Gasteiger partial charge in [0.2, 0.25) is 0 Å². The molecule has 0 radical (unpaired) electrons. The molecule has 1 heterocycles. The minimum absolute atomic E-state index is 0.221. The molecule has 0 fully saturated rings. The molecular weight excluding hydrogens is 202 g/mol. The molecule has 1 aromatic heterocycles. The van der Waals surface area contributed by atoms with Gasteiger partial charge in [-0.3, -0.25) is 4.68 Å². The van der Waals surface area contributed by atoms with Crippen LogP contribution in [0.4, 0.5) is 0 Å². The second-order valence-corrected chi connectivity index (χ2v) is 5.93. The third kappa shape index (κ3) is 2.13. The van der Waals surface area contributed by atoms with E-state index in [0.29, 0.717) is 6.54 Å². The van der Waals surface area contributed by atoms with Gasteiger partial charge in [-0.25, -0.2) is 8.42 Å². The van der Waals surface area contributed by atoms with Gasteiger partial charge in [0.15, 0.2) is 9.84 Å². The maximum Gasteiger partial charge on any atom is 0.178 e. The summed E-state index contributed by atoms with van der Waals surface area (Å²) >= 11 is 0. The van der Waals surface area contributed by atoms with Gasteiger partial charge in [0.1, 0.15) is 4.90 Å². The maximum absolute atomic E-state index is 11.2. The highest BCUT2D eigenvalue weighted by atomic mass is 32.2. The van der Waals surface area contributed by atoms with E-state index >= 15 is 0 Å². The van der Waals surface area contributed by atoms with Crippen molar-refractivity contribution in [1.29, 1.82) is 0 Å². The first-order valence-corrected chi connectivity index (χ1v) is 6.12. The Morgan fingerprint density at radius 1 is 1.57 bits per heavy atom. The van der Waals surface area contributed by atoms with E-state index in [0.717, 1.165) is 6.26 Å². The van der Waals surface area contributed by atoms with Gasteiger partial charge in [0, 0.05) is 19.0 Å². The average Bonchev–Trinajstić information content (AvgIpc) is 2.51. The summed E-state index contributed by atoms with van der Waals surface area (Å²) in [5.41, 5.74) is 5.19. The van der Waals surface area contributed by atoms with E-state index in [1.54, 1.807) is 4.68 Å². The van der Waals surface area contributed by atoms with Crippen molar-refractivity contribution in [2.75, 3.05) is 12.8 Å². The highest BCUT2D eigenvalue weighted by Crippen LogP contribution is 2.15. The second kappa shape index (κ2) is 3.36. The number of hydrogen-bond acceptors (Lipinski definition) is 4. The van der Waals surface area contributed by atoms with Crippen LogP contribution < -0.4 is 5.73 Å². The number of nitrogens with two attached hydrogens (primary N) is 1. The second-order valence-electron chi connectivity index (χ2n) is 3.91. The van der Waals surface area contributed by atoms with Gasteiger partial charge in [0.25, 0.3) is 0 Å². The molecule has 5 nitrogen and oxygen atoms in total. The van der Waals surface area contributed by atoms with Gasteiger partial charge in [0.05, 0.1) is 11.7 Å². The van der Waals surface area contributed by atoms with Crippen LogP contribution in [0.15, 0.2) is 17.3 Å². The zero-order valence-corrected chi connectivity index (χ0v) is 9.37. The Labute approximate surface area is 83.8 Å². The Bertz CT molecular complexity index is 420. The van der Waals surface area contributed by atoms with Crippen molar-refractivity contribution in [3.63, 3.8) is 0 Å². The van der Waals surface area contributed by atoms with Crippen LogP contribution in [0, 0.1) is 0 Å². The lowest BCUT2D eigenvalue weighted by Gasteiger charge is -2.22. The summed E-state index contributed by atoms with van der Waals surface area (Å²) < 4.78 is 23.9. The summed E-state index contributed by atoms with van der Waals surface area (Å²) in [6, 6.07) is 0. The van der Waals surface area contributed by atoms with Gasteiger partial charge in [-0.1, -0.05) is 0 Å². The molecule has 0 spiro atoms. The van der Waals surface area contributed by atoms with Crippen LogP contribution in [0.5, 0.6) is 0 Å². The smallest absolute Gasteiger partial charge is 0.178 e. The largest absolute Gasteiger partial charge is 0.328 e. The quantitative estimate of drug-likeness (QED) is 0.772. The molecular formula is C8H15N3O2S. The van der Waals surface area contributed by atoms with Crippen LogP contribution in [0.25, 0.3) is 0 Å². The van der Waals surface area contributed by atoms with Gasteiger partial charge in [-0.2, -0.15) is 5.10 Å². The third-order valence-corrected chi connectivity index (χ3v) is 3.17. The molecule has 6 heteroatoms. The van der Waals surface area contributed by atoms with Crippen LogP contribution in [-0.4, -0.2) is 31.0 Å². The fourth-order valence-corrected chi connectivity index (χ4v) is 1.45. The van der Waals surface area contributed by atoms with Crippen molar-refractivity contribution in [2.24, 2.45) is 5.73 Å². The SMILES string of the molecule is CC(C)(CN)n1cc(S(C)(=O)=O)cn1. The number of aromatic nitrogens is 2. The van der Waals surface area contributed by atoms with Crippen LogP contribution in [-0.2, 0) is 15.4 Å². The lowest BCUT2D eigenvalue weighted by Crippen LogP contribution is -2.35. The Morgan fingerprint density at radius 3 is 2.50 bits per heavy atom. The summed E-state index contributed by atoms with van der Waals surface area (Å²) in [6.07, 6.45) is 4.00. The van der Waals surface area contributed by atoms with Crippen LogP contribution >= 0.6 is 0 Å². The lowest BCUT2D eigenvalue weighted by molar-refractivity contribution is 0.329. The predicted octanol–water partition coefficient (Wildman–Crippen LogP) is -0.0196. The molecule has 0 saturated heterocycles.